The molecule has 0 radical (unpaired) electrons. The Morgan fingerprint density at radius 1 is 1.06 bits per heavy atom. The molecule has 1 unspecified atom stereocenters. The summed E-state index contributed by atoms with van der Waals surface area (Å²) in [5.41, 5.74) is 7.60. The van der Waals surface area contributed by atoms with Crippen LogP contribution in [-0.4, -0.2) is 41.8 Å². The summed E-state index contributed by atoms with van der Waals surface area (Å²) in [5, 5.41) is 0. The van der Waals surface area contributed by atoms with Gasteiger partial charge in [0, 0.05) is 32.4 Å². The number of nitrogens with two attached hydrogens (primary N) is 1. The van der Waals surface area contributed by atoms with Crippen LogP contribution in [0.1, 0.15) is 44.7 Å². The fraction of sp³-hybridized carbons (Fsp3) is 0.550. The molecule has 2 rings (SSSR count). The van der Waals surface area contributed by atoms with Crippen molar-refractivity contribution in [3.05, 3.63) is 29.3 Å². The minimum atomic E-state index is -3.80. The van der Waals surface area contributed by atoms with Gasteiger partial charge in [0.1, 0.15) is 5.75 Å². The van der Waals surface area contributed by atoms with Crippen LogP contribution < -0.4 is 10.2 Å². The van der Waals surface area contributed by atoms with Gasteiger partial charge in [-0.25, -0.2) is 0 Å². The molecule has 1 atom stereocenters. The van der Waals surface area contributed by atoms with Crippen LogP contribution in [-0.2, 0) is 45.1 Å². The summed E-state index contributed by atoms with van der Waals surface area (Å²) in [6.07, 6.45) is 1.96. The minimum Gasteiger partial charge on any atom is -0.520 e. The van der Waals surface area contributed by atoms with Gasteiger partial charge in [0.05, 0.1) is 12.7 Å². The standard InChI is InChI=1S/C20H31NO8Si2/c1-15(22)26-31(27-16(2)23,28-17(3)24)12-5-7-18-8-9-20-19(13-18)14-25-30(4,29-20)11-6-10-21/h8-9,13H,5-7,10-12,14,21H2,1-4H3. The highest BCUT2D eigenvalue weighted by atomic mass is 28.4. The highest BCUT2D eigenvalue weighted by molar-refractivity contribution is 6.67. The van der Waals surface area contributed by atoms with Crippen LogP contribution in [0.4, 0.5) is 0 Å². The van der Waals surface area contributed by atoms with E-state index >= 15 is 0 Å². The first kappa shape index (κ1) is 25.0. The molecule has 1 aromatic rings. The fourth-order valence-corrected chi connectivity index (χ4v) is 8.05. The van der Waals surface area contributed by atoms with Crippen LogP contribution in [0.15, 0.2) is 18.2 Å². The van der Waals surface area contributed by atoms with Crippen molar-refractivity contribution in [3.8, 4) is 5.75 Å². The topological polar surface area (TPSA) is 123 Å². The van der Waals surface area contributed by atoms with E-state index < -0.39 is 35.3 Å². The van der Waals surface area contributed by atoms with Crippen molar-refractivity contribution < 1.29 is 36.5 Å². The lowest BCUT2D eigenvalue weighted by molar-refractivity contribution is -0.147. The fourth-order valence-electron chi connectivity index (χ4n) is 3.42. The number of aryl methyl sites for hydroxylation is 1. The Bertz CT molecular complexity index is 778. The lowest BCUT2D eigenvalue weighted by atomic mass is 10.1. The first-order valence-corrected chi connectivity index (χ1v) is 14.8. The summed E-state index contributed by atoms with van der Waals surface area (Å²) in [4.78, 5) is 34.6. The van der Waals surface area contributed by atoms with E-state index in [2.05, 4.69) is 0 Å². The number of hydrogen-bond acceptors (Lipinski definition) is 9. The van der Waals surface area contributed by atoms with E-state index in [1.165, 1.54) is 20.8 Å². The maximum absolute atomic E-state index is 11.5. The van der Waals surface area contributed by atoms with Crippen LogP contribution in [0, 0.1) is 0 Å². The number of rotatable bonds is 10. The predicted octanol–water partition coefficient (Wildman–Crippen LogP) is 2.58. The molecule has 0 saturated carbocycles. The van der Waals surface area contributed by atoms with Crippen LogP contribution in [0.2, 0.25) is 18.6 Å². The van der Waals surface area contributed by atoms with E-state index in [1.54, 1.807) is 0 Å². The summed E-state index contributed by atoms with van der Waals surface area (Å²) in [5.74, 6) is -1.16. The lowest BCUT2D eigenvalue weighted by Gasteiger charge is -2.33. The van der Waals surface area contributed by atoms with Crippen molar-refractivity contribution in [1.82, 2.24) is 0 Å². The van der Waals surface area contributed by atoms with Crippen LogP contribution in [0.5, 0.6) is 5.75 Å². The van der Waals surface area contributed by atoms with Crippen molar-refractivity contribution in [2.24, 2.45) is 5.73 Å². The molecule has 0 amide bonds. The molecule has 11 heteroatoms. The van der Waals surface area contributed by atoms with Gasteiger partial charge in [-0.15, -0.1) is 0 Å². The van der Waals surface area contributed by atoms with Gasteiger partial charge in [-0.2, -0.15) is 0 Å². The van der Waals surface area contributed by atoms with E-state index in [4.69, 9.17) is 27.9 Å². The summed E-state index contributed by atoms with van der Waals surface area (Å²) in [6.45, 7) is 6.70. The van der Waals surface area contributed by atoms with Gasteiger partial charge >= 0.3 is 17.4 Å². The third-order valence-corrected chi connectivity index (χ3v) is 10.1. The molecule has 1 aromatic carbocycles. The van der Waals surface area contributed by atoms with Crippen LogP contribution >= 0.6 is 0 Å². The van der Waals surface area contributed by atoms with E-state index in [0.29, 0.717) is 26.0 Å². The van der Waals surface area contributed by atoms with Gasteiger partial charge in [0.15, 0.2) is 0 Å². The van der Waals surface area contributed by atoms with Crippen LogP contribution in [0.25, 0.3) is 0 Å². The van der Waals surface area contributed by atoms with E-state index in [1.807, 2.05) is 24.7 Å². The van der Waals surface area contributed by atoms with Crippen molar-refractivity contribution >= 4 is 35.3 Å². The largest absolute Gasteiger partial charge is 0.705 e. The molecule has 0 fully saturated rings. The average molecular weight is 470 g/mol. The second-order valence-corrected chi connectivity index (χ2v) is 13.4. The highest BCUT2D eigenvalue weighted by Gasteiger charge is 2.51. The Morgan fingerprint density at radius 2 is 1.68 bits per heavy atom. The zero-order valence-electron chi connectivity index (χ0n) is 18.5. The molecular weight excluding hydrogens is 438 g/mol. The van der Waals surface area contributed by atoms with Gasteiger partial charge in [-0.05, 0) is 50.1 Å². The monoisotopic (exact) mass is 469 g/mol. The second-order valence-electron chi connectivity index (χ2n) is 7.68. The quantitative estimate of drug-likeness (QED) is 0.515. The van der Waals surface area contributed by atoms with E-state index in [-0.39, 0.29) is 6.04 Å². The van der Waals surface area contributed by atoms with Gasteiger partial charge in [-0.1, -0.05) is 6.07 Å². The van der Waals surface area contributed by atoms with E-state index in [0.717, 1.165) is 29.3 Å². The Hall–Kier alpha value is -2.22. The normalized spacial score (nSPS) is 17.8. The maximum Gasteiger partial charge on any atom is 0.705 e. The van der Waals surface area contributed by atoms with Crippen molar-refractivity contribution in [3.63, 3.8) is 0 Å². The molecule has 0 aliphatic carbocycles. The third kappa shape index (κ3) is 7.76. The Balaban J connectivity index is 2.05. The molecule has 1 aliphatic heterocycles. The Kier molecular flexibility index (Phi) is 8.80. The first-order valence-electron chi connectivity index (χ1n) is 10.3. The summed E-state index contributed by atoms with van der Waals surface area (Å²) < 4.78 is 27.8. The minimum absolute atomic E-state index is 0.139. The number of carbonyl (C=O) groups is 3. The molecule has 2 N–H and O–H groups in total. The molecule has 31 heavy (non-hydrogen) atoms. The lowest BCUT2D eigenvalue weighted by Crippen LogP contribution is -2.49. The average Bonchev–Trinajstić information content (AvgIpc) is 2.65. The summed E-state index contributed by atoms with van der Waals surface area (Å²) in [7, 11) is -6.05. The highest BCUT2D eigenvalue weighted by Crippen LogP contribution is 2.33. The molecule has 1 heterocycles. The zero-order chi connectivity index (χ0) is 23.1. The Morgan fingerprint density at radius 3 is 2.23 bits per heavy atom. The van der Waals surface area contributed by atoms with Gasteiger partial charge in [0.2, 0.25) is 0 Å². The molecule has 0 saturated heterocycles. The molecule has 0 bridgehead atoms. The van der Waals surface area contributed by atoms with Crippen molar-refractivity contribution in [1.29, 1.82) is 0 Å². The molecule has 9 nitrogen and oxygen atoms in total. The zero-order valence-corrected chi connectivity index (χ0v) is 20.5. The summed E-state index contributed by atoms with van der Waals surface area (Å²) >= 11 is 0. The van der Waals surface area contributed by atoms with Crippen molar-refractivity contribution in [2.45, 2.75) is 65.3 Å². The second kappa shape index (κ2) is 10.9. The number of hydrogen-bond donors (Lipinski definition) is 1. The molecule has 172 valence electrons. The number of carbonyl (C=O) groups excluding carboxylic acids is 3. The molecular formula is C20H31NO8Si2. The van der Waals surface area contributed by atoms with Gasteiger partial charge in [-0.3, -0.25) is 14.4 Å². The third-order valence-electron chi connectivity index (χ3n) is 4.66. The molecule has 0 aromatic heterocycles. The number of fused-ring (bicyclic) bond motifs is 1. The Labute approximate surface area is 184 Å². The molecule has 1 aliphatic rings. The van der Waals surface area contributed by atoms with Gasteiger partial charge < -0.3 is 27.9 Å². The van der Waals surface area contributed by atoms with E-state index in [9.17, 15) is 14.4 Å². The van der Waals surface area contributed by atoms with Gasteiger partial charge in [0.25, 0.3) is 17.9 Å². The maximum atomic E-state index is 11.5. The summed E-state index contributed by atoms with van der Waals surface area (Å²) in [6, 6.07) is 6.91. The number of benzene rings is 1. The van der Waals surface area contributed by atoms with Crippen molar-refractivity contribution in [2.75, 3.05) is 6.54 Å². The smallest absolute Gasteiger partial charge is 0.520 e. The predicted molar refractivity (Wildman–Crippen MR) is 116 cm³/mol. The molecule has 0 spiro atoms. The van der Waals surface area contributed by atoms with Crippen LogP contribution in [0.3, 0.4) is 0 Å². The first-order chi connectivity index (χ1) is 14.6. The SMILES string of the molecule is CC(=O)O[Si](CCCc1ccc2c(c1)CO[Si](C)(CCCN)O2)(OC(C)=O)OC(C)=O.